The van der Waals surface area contributed by atoms with Crippen LogP contribution in [0.2, 0.25) is 5.02 Å². The molecule has 0 spiro atoms. The summed E-state index contributed by atoms with van der Waals surface area (Å²) in [7, 11) is 3.34. The van der Waals surface area contributed by atoms with E-state index in [1.54, 1.807) is 26.2 Å². The average molecular weight is 274 g/mol. The molecule has 0 unspecified atom stereocenters. The lowest BCUT2D eigenvalue weighted by molar-refractivity contribution is 0.217. The summed E-state index contributed by atoms with van der Waals surface area (Å²) in [4.78, 5) is 12.6. The monoisotopic (exact) mass is 273 g/mol. The minimum Gasteiger partial charge on any atom is -0.337 e. The Balaban J connectivity index is 2.28. The Labute approximate surface area is 111 Å². The van der Waals surface area contributed by atoms with E-state index in [9.17, 15) is 9.18 Å². The van der Waals surface area contributed by atoms with Gasteiger partial charge in [0, 0.05) is 44.3 Å². The first kappa shape index (κ1) is 14.7. The second-order valence-electron chi connectivity index (χ2n) is 4.00. The van der Waals surface area contributed by atoms with E-state index in [2.05, 4.69) is 10.6 Å². The summed E-state index contributed by atoms with van der Waals surface area (Å²) in [6, 6.07) is 4.44. The highest BCUT2D eigenvalue weighted by Crippen LogP contribution is 2.18. The summed E-state index contributed by atoms with van der Waals surface area (Å²) in [5.41, 5.74) is 0.443. The van der Waals surface area contributed by atoms with Crippen molar-refractivity contribution in [3.8, 4) is 0 Å². The first-order valence-corrected chi connectivity index (χ1v) is 5.99. The fourth-order valence-electron chi connectivity index (χ4n) is 1.33. The fraction of sp³-hybridized carbons (Fsp3) is 0.417. The van der Waals surface area contributed by atoms with E-state index in [0.29, 0.717) is 30.2 Å². The number of urea groups is 1. The van der Waals surface area contributed by atoms with E-state index in [-0.39, 0.29) is 11.8 Å². The van der Waals surface area contributed by atoms with Gasteiger partial charge in [0.05, 0.1) is 0 Å². The zero-order valence-corrected chi connectivity index (χ0v) is 11.2. The molecule has 0 radical (unpaired) electrons. The third-order valence-electron chi connectivity index (χ3n) is 2.35. The number of carbonyl (C=O) groups excluding carboxylic acids is 1. The molecule has 6 heteroatoms. The second-order valence-corrected chi connectivity index (χ2v) is 4.41. The Hall–Kier alpha value is -1.33. The highest BCUT2D eigenvalue weighted by Gasteiger charge is 2.06. The van der Waals surface area contributed by atoms with E-state index < -0.39 is 0 Å². The molecule has 0 saturated carbocycles. The zero-order valence-electron chi connectivity index (χ0n) is 10.5. The van der Waals surface area contributed by atoms with Crippen LogP contribution in [0.5, 0.6) is 0 Å². The van der Waals surface area contributed by atoms with E-state index in [0.717, 1.165) is 0 Å². The van der Waals surface area contributed by atoms with Gasteiger partial charge in [-0.15, -0.1) is 0 Å². The van der Waals surface area contributed by atoms with Crippen molar-refractivity contribution in [2.45, 2.75) is 6.54 Å². The molecule has 1 rings (SSSR count). The molecule has 0 aliphatic rings. The fourth-order valence-corrected chi connectivity index (χ4v) is 1.56. The van der Waals surface area contributed by atoms with Crippen LogP contribution >= 0.6 is 11.6 Å². The van der Waals surface area contributed by atoms with Crippen molar-refractivity contribution < 1.29 is 9.18 Å². The van der Waals surface area contributed by atoms with Gasteiger partial charge in [-0.1, -0.05) is 17.7 Å². The van der Waals surface area contributed by atoms with Gasteiger partial charge in [0.2, 0.25) is 0 Å². The third-order valence-corrected chi connectivity index (χ3v) is 2.70. The van der Waals surface area contributed by atoms with Gasteiger partial charge in [-0.05, 0) is 12.1 Å². The number of hydrogen-bond donors (Lipinski definition) is 2. The van der Waals surface area contributed by atoms with Gasteiger partial charge >= 0.3 is 6.03 Å². The van der Waals surface area contributed by atoms with Crippen LogP contribution in [-0.2, 0) is 6.54 Å². The van der Waals surface area contributed by atoms with Gasteiger partial charge in [0.15, 0.2) is 0 Å². The lowest BCUT2D eigenvalue weighted by atomic mass is 10.2. The van der Waals surface area contributed by atoms with Crippen molar-refractivity contribution in [3.05, 3.63) is 34.6 Å². The first-order chi connectivity index (χ1) is 8.52. The van der Waals surface area contributed by atoms with E-state index in [1.807, 2.05) is 0 Å². The summed E-state index contributed by atoms with van der Waals surface area (Å²) in [6.07, 6.45) is 0. The lowest BCUT2D eigenvalue weighted by Gasteiger charge is -2.12. The SMILES string of the molecule is CN(C)C(=O)NCCNCc1c(F)cccc1Cl. The normalized spacial score (nSPS) is 10.2. The van der Waals surface area contributed by atoms with Crippen molar-refractivity contribution in [1.82, 2.24) is 15.5 Å². The number of benzene rings is 1. The highest BCUT2D eigenvalue weighted by molar-refractivity contribution is 6.31. The summed E-state index contributed by atoms with van der Waals surface area (Å²) in [5.74, 6) is -0.327. The van der Waals surface area contributed by atoms with Crippen molar-refractivity contribution in [2.75, 3.05) is 27.2 Å². The third kappa shape index (κ3) is 4.50. The maximum Gasteiger partial charge on any atom is 0.316 e. The molecule has 0 aromatic heterocycles. The molecule has 2 N–H and O–H groups in total. The summed E-state index contributed by atoms with van der Waals surface area (Å²) in [6.45, 7) is 1.36. The van der Waals surface area contributed by atoms with Crippen LogP contribution in [0.4, 0.5) is 9.18 Å². The van der Waals surface area contributed by atoms with Crippen LogP contribution in [0.15, 0.2) is 18.2 Å². The molecular weight excluding hydrogens is 257 g/mol. The molecule has 18 heavy (non-hydrogen) atoms. The van der Waals surface area contributed by atoms with E-state index >= 15 is 0 Å². The van der Waals surface area contributed by atoms with Gasteiger partial charge < -0.3 is 15.5 Å². The molecule has 0 fully saturated rings. The van der Waals surface area contributed by atoms with Crippen molar-refractivity contribution in [1.29, 1.82) is 0 Å². The van der Waals surface area contributed by atoms with Crippen molar-refractivity contribution in [2.24, 2.45) is 0 Å². The Morgan fingerprint density at radius 1 is 1.39 bits per heavy atom. The number of nitrogens with one attached hydrogen (secondary N) is 2. The summed E-state index contributed by atoms with van der Waals surface area (Å²) in [5, 5.41) is 6.12. The van der Waals surface area contributed by atoms with E-state index in [4.69, 9.17) is 11.6 Å². The summed E-state index contributed by atoms with van der Waals surface area (Å²) >= 11 is 5.88. The minimum absolute atomic E-state index is 0.152. The van der Waals surface area contributed by atoms with Crippen molar-refractivity contribution >= 4 is 17.6 Å². The molecule has 100 valence electrons. The molecule has 1 aromatic carbocycles. The van der Waals surface area contributed by atoms with Gasteiger partial charge in [0.25, 0.3) is 0 Å². The van der Waals surface area contributed by atoms with Crippen LogP contribution in [0.1, 0.15) is 5.56 Å². The van der Waals surface area contributed by atoms with Crippen molar-refractivity contribution in [3.63, 3.8) is 0 Å². The molecule has 0 atom stereocenters. The molecule has 2 amide bonds. The number of halogens is 2. The number of carbonyl (C=O) groups is 1. The Kier molecular flexibility index (Phi) is 5.88. The standard InChI is InChI=1S/C12H17ClFN3O/c1-17(2)12(18)16-7-6-15-8-9-10(13)4-3-5-11(9)14/h3-5,15H,6-8H2,1-2H3,(H,16,18). The Morgan fingerprint density at radius 3 is 2.72 bits per heavy atom. The Bertz CT molecular complexity index is 392. The number of amides is 2. The highest BCUT2D eigenvalue weighted by atomic mass is 35.5. The van der Waals surface area contributed by atoms with Gasteiger partial charge in [-0.2, -0.15) is 0 Å². The smallest absolute Gasteiger partial charge is 0.316 e. The molecule has 0 saturated heterocycles. The maximum atomic E-state index is 13.4. The van der Waals surface area contributed by atoms with Gasteiger partial charge in [-0.25, -0.2) is 9.18 Å². The number of rotatable bonds is 5. The summed E-state index contributed by atoms with van der Waals surface area (Å²) < 4.78 is 13.4. The van der Waals surface area contributed by atoms with Crippen LogP contribution in [0.3, 0.4) is 0 Å². The lowest BCUT2D eigenvalue weighted by Crippen LogP contribution is -2.38. The predicted octanol–water partition coefficient (Wildman–Crippen LogP) is 1.84. The quantitative estimate of drug-likeness (QED) is 0.804. The van der Waals surface area contributed by atoms with Gasteiger partial charge in [0.1, 0.15) is 5.82 Å². The van der Waals surface area contributed by atoms with Crippen LogP contribution in [-0.4, -0.2) is 38.1 Å². The van der Waals surface area contributed by atoms with Crippen LogP contribution in [0.25, 0.3) is 0 Å². The number of nitrogens with zero attached hydrogens (tertiary/aromatic N) is 1. The zero-order chi connectivity index (χ0) is 13.5. The molecule has 0 aliphatic carbocycles. The molecule has 0 bridgehead atoms. The topological polar surface area (TPSA) is 44.4 Å². The van der Waals surface area contributed by atoms with Crippen LogP contribution < -0.4 is 10.6 Å². The van der Waals surface area contributed by atoms with Crippen LogP contribution in [0, 0.1) is 5.82 Å². The minimum atomic E-state index is -0.327. The molecule has 1 aromatic rings. The molecule has 0 aliphatic heterocycles. The van der Waals surface area contributed by atoms with Gasteiger partial charge in [-0.3, -0.25) is 0 Å². The van der Waals surface area contributed by atoms with E-state index in [1.165, 1.54) is 11.0 Å². The molecule has 0 heterocycles. The number of hydrogen-bond acceptors (Lipinski definition) is 2. The Morgan fingerprint density at radius 2 is 2.11 bits per heavy atom. The first-order valence-electron chi connectivity index (χ1n) is 5.61. The second kappa shape index (κ2) is 7.18. The molecule has 4 nitrogen and oxygen atoms in total. The average Bonchev–Trinajstić information content (AvgIpc) is 2.31. The predicted molar refractivity (Wildman–Crippen MR) is 70.2 cm³/mol. The molecular formula is C12H17ClFN3O. The largest absolute Gasteiger partial charge is 0.337 e. The maximum absolute atomic E-state index is 13.4.